The number of aromatic nitrogens is 1. The number of nitrogens with one attached hydrogen (secondary N) is 1. The van der Waals surface area contributed by atoms with Crippen molar-refractivity contribution in [3.8, 4) is 0 Å². The maximum absolute atomic E-state index is 12.2. The van der Waals surface area contributed by atoms with E-state index in [1.54, 1.807) is 10.6 Å². The van der Waals surface area contributed by atoms with Crippen LogP contribution >= 0.6 is 0 Å². The van der Waals surface area contributed by atoms with Crippen molar-refractivity contribution in [1.82, 2.24) is 9.88 Å². The minimum absolute atomic E-state index is 0.0777. The van der Waals surface area contributed by atoms with Crippen LogP contribution in [0.4, 0.5) is 5.69 Å². The Bertz CT molecular complexity index is 709. The zero-order valence-electron chi connectivity index (χ0n) is 11.7. The average molecular weight is 269 g/mol. The van der Waals surface area contributed by atoms with E-state index >= 15 is 0 Å². The summed E-state index contributed by atoms with van der Waals surface area (Å²) < 4.78 is 1.73. The molecule has 0 spiro atoms. The summed E-state index contributed by atoms with van der Waals surface area (Å²) in [6.45, 7) is 4.36. The molecule has 2 fully saturated rings. The molecule has 20 heavy (non-hydrogen) atoms. The molecule has 2 aliphatic heterocycles. The topological polar surface area (TPSA) is 37.3 Å². The van der Waals surface area contributed by atoms with Crippen molar-refractivity contribution in [1.29, 1.82) is 0 Å². The van der Waals surface area contributed by atoms with Crippen LogP contribution in [0.15, 0.2) is 35.1 Å². The Morgan fingerprint density at radius 2 is 1.85 bits per heavy atom. The zero-order valence-corrected chi connectivity index (χ0v) is 11.7. The highest BCUT2D eigenvalue weighted by molar-refractivity contribution is 5.92. The number of para-hydroxylation sites is 1. The zero-order chi connectivity index (χ0) is 13.7. The van der Waals surface area contributed by atoms with E-state index in [9.17, 15) is 4.79 Å². The lowest BCUT2D eigenvalue weighted by Crippen LogP contribution is -2.28. The molecule has 0 saturated carbocycles. The van der Waals surface area contributed by atoms with E-state index in [1.165, 1.54) is 5.39 Å². The summed E-state index contributed by atoms with van der Waals surface area (Å²) in [7, 11) is 1.84. The maximum Gasteiger partial charge on any atom is 0.252 e. The molecule has 4 heteroatoms. The molecular formula is C16H19N3O. The fourth-order valence-electron chi connectivity index (χ4n) is 3.71. The molecular weight excluding hydrogens is 250 g/mol. The molecule has 2 atom stereocenters. The molecule has 1 aromatic carbocycles. The predicted octanol–water partition coefficient (Wildman–Crippen LogP) is 1.19. The van der Waals surface area contributed by atoms with Gasteiger partial charge in [-0.3, -0.25) is 4.79 Å². The molecule has 2 saturated heterocycles. The van der Waals surface area contributed by atoms with Crippen LogP contribution < -0.4 is 15.8 Å². The fourth-order valence-corrected chi connectivity index (χ4v) is 3.71. The third kappa shape index (κ3) is 1.68. The maximum atomic E-state index is 12.2. The fraction of sp³-hybridized carbons (Fsp3) is 0.438. The van der Waals surface area contributed by atoms with Gasteiger partial charge in [0.25, 0.3) is 5.56 Å². The number of hydrogen-bond donors (Lipinski definition) is 1. The van der Waals surface area contributed by atoms with Gasteiger partial charge in [-0.15, -0.1) is 0 Å². The monoisotopic (exact) mass is 269 g/mol. The minimum atomic E-state index is 0.0777. The molecule has 104 valence electrons. The molecule has 0 radical (unpaired) electrons. The lowest BCUT2D eigenvalue weighted by atomic mass is 10.0. The molecule has 0 bridgehead atoms. The quantitative estimate of drug-likeness (QED) is 0.845. The Morgan fingerprint density at radius 3 is 2.60 bits per heavy atom. The standard InChI is InChI=1S/C16H19N3O/c1-18-14-5-3-2-4-13(14)15(6-16(18)20)19-9-11-7-17-8-12(11)10-19/h2-6,11-12,17H,7-10H2,1H3. The Kier molecular flexibility index (Phi) is 2.60. The summed E-state index contributed by atoms with van der Waals surface area (Å²) >= 11 is 0. The number of pyridine rings is 1. The van der Waals surface area contributed by atoms with Gasteiger partial charge in [-0.1, -0.05) is 18.2 Å². The molecule has 3 heterocycles. The number of hydrogen-bond acceptors (Lipinski definition) is 3. The normalized spacial score (nSPS) is 25.4. The molecule has 4 nitrogen and oxygen atoms in total. The van der Waals surface area contributed by atoms with Gasteiger partial charge in [0.2, 0.25) is 0 Å². The number of benzene rings is 1. The number of aryl methyl sites for hydroxylation is 1. The van der Waals surface area contributed by atoms with E-state index in [0.29, 0.717) is 0 Å². The summed E-state index contributed by atoms with van der Waals surface area (Å²) in [5.74, 6) is 1.47. The van der Waals surface area contributed by atoms with Crippen molar-refractivity contribution in [2.45, 2.75) is 0 Å². The number of rotatable bonds is 1. The largest absolute Gasteiger partial charge is 0.370 e. The van der Waals surface area contributed by atoms with Crippen LogP contribution in [0, 0.1) is 11.8 Å². The second-order valence-corrected chi connectivity index (χ2v) is 6.03. The van der Waals surface area contributed by atoms with E-state index in [0.717, 1.165) is 49.2 Å². The van der Waals surface area contributed by atoms with Gasteiger partial charge < -0.3 is 14.8 Å². The third-order valence-electron chi connectivity index (χ3n) is 4.86. The van der Waals surface area contributed by atoms with Gasteiger partial charge in [0.1, 0.15) is 0 Å². The van der Waals surface area contributed by atoms with Crippen molar-refractivity contribution >= 4 is 16.6 Å². The van der Waals surface area contributed by atoms with E-state index < -0.39 is 0 Å². The first-order chi connectivity index (χ1) is 9.74. The Balaban J connectivity index is 1.84. The van der Waals surface area contributed by atoms with Gasteiger partial charge in [-0.25, -0.2) is 0 Å². The van der Waals surface area contributed by atoms with Crippen LogP contribution in [0.2, 0.25) is 0 Å². The van der Waals surface area contributed by atoms with Crippen molar-refractivity contribution < 1.29 is 0 Å². The first kappa shape index (κ1) is 12.0. The molecule has 1 aromatic heterocycles. The van der Waals surface area contributed by atoms with Crippen molar-refractivity contribution in [2.75, 3.05) is 31.1 Å². The highest BCUT2D eigenvalue weighted by Gasteiger charge is 2.36. The van der Waals surface area contributed by atoms with E-state index in [2.05, 4.69) is 22.3 Å². The van der Waals surface area contributed by atoms with E-state index in [4.69, 9.17) is 0 Å². The van der Waals surface area contributed by atoms with E-state index in [-0.39, 0.29) is 5.56 Å². The molecule has 2 aliphatic rings. The van der Waals surface area contributed by atoms with Gasteiger partial charge >= 0.3 is 0 Å². The van der Waals surface area contributed by atoms with Gasteiger partial charge in [0, 0.05) is 44.7 Å². The lowest BCUT2D eigenvalue weighted by molar-refractivity contribution is 0.533. The molecule has 2 unspecified atom stereocenters. The van der Waals surface area contributed by atoms with Gasteiger partial charge in [0.05, 0.1) is 11.2 Å². The van der Waals surface area contributed by atoms with Gasteiger partial charge in [0.15, 0.2) is 0 Å². The third-order valence-corrected chi connectivity index (χ3v) is 4.86. The summed E-state index contributed by atoms with van der Waals surface area (Å²) in [5, 5.41) is 4.64. The van der Waals surface area contributed by atoms with Crippen LogP contribution in [-0.2, 0) is 7.05 Å². The van der Waals surface area contributed by atoms with Crippen LogP contribution in [-0.4, -0.2) is 30.7 Å². The highest BCUT2D eigenvalue weighted by atomic mass is 16.1. The van der Waals surface area contributed by atoms with Crippen LogP contribution in [0.5, 0.6) is 0 Å². The summed E-state index contributed by atoms with van der Waals surface area (Å²) in [6, 6.07) is 9.99. The molecule has 2 aromatic rings. The van der Waals surface area contributed by atoms with Crippen molar-refractivity contribution in [3.05, 3.63) is 40.7 Å². The van der Waals surface area contributed by atoms with Crippen molar-refractivity contribution in [3.63, 3.8) is 0 Å². The molecule has 4 rings (SSSR count). The Hall–Kier alpha value is -1.81. The summed E-state index contributed by atoms with van der Waals surface area (Å²) in [5.41, 5.74) is 2.21. The molecule has 0 aliphatic carbocycles. The SMILES string of the molecule is Cn1c(=O)cc(N2CC3CNCC3C2)c2ccccc21. The van der Waals surface area contributed by atoms with E-state index in [1.807, 2.05) is 19.2 Å². The average Bonchev–Trinajstić information content (AvgIpc) is 3.04. The Labute approximate surface area is 118 Å². The number of nitrogens with zero attached hydrogens (tertiary/aromatic N) is 2. The second-order valence-electron chi connectivity index (χ2n) is 6.03. The number of anilines is 1. The van der Waals surface area contributed by atoms with Gasteiger partial charge in [-0.2, -0.15) is 0 Å². The first-order valence-electron chi connectivity index (χ1n) is 7.28. The Morgan fingerprint density at radius 1 is 1.15 bits per heavy atom. The molecule has 1 N–H and O–H groups in total. The summed E-state index contributed by atoms with van der Waals surface area (Å²) in [6.07, 6.45) is 0. The van der Waals surface area contributed by atoms with Crippen LogP contribution in [0.25, 0.3) is 10.9 Å². The van der Waals surface area contributed by atoms with Crippen LogP contribution in [0.3, 0.4) is 0 Å². The minimum Gasteiger partial charge on any atom is -0.370 e. The van der Waals surface area contributed by atoms with Gasteiger partial charge in [-0.05, 0) is 17.9 Å². The molecule has 0 amide bonds. The van der Waals surface area contributed by atoms with Crippen LogP contribution in [0.1, 0.15) is 0 Å². The second kappa shape index (κ2) is 4.35. The highest BCUT2D eigenvalue weighted by Crippen LogP contribution is 2.33. The smallest absolute Gasteiger partial charge is 0.252 e. The predicted molar refractivity (Wildman–Crippen MR) is 81.3 cm³/mol. The first-order valence-corrected chi connectivity index (χ1v) is 7.28. The van der Waals surface area contributed by atoms with Crippen molar-refractivity contribution in [2.24, 2.45) is 18.9 Å². The lowest BCUT2D eigenvalue weighted by Gasteiger charge is -2.22. The summed E-state index contributed by atoms with van der Waals surface area (Å²) in [4.78, 5) is 14.6. The number of fused-ring (bicyclic) bond motifs is 2.